The summed E-state index contributed by atoms with van der Waals surface area (Å²) in [5, 5.41) is 16.1. The summed E-state index contributed by atoms with van der Waals surface area (Å²) >= 11 is 0. The van der Waals surface area contributed by atoms with Gasteiger partial charge in [-0.3, -0.25) is 13.8 Å². The second-order valence-electron chi connectivity index (χ2n) is 7.91. The van der Waals surface area contributed by atoms with E-state index >= 15 is 0 Å². The standard InChI is InChI=1S/C27H28N2O6S/c1-35-27(33)22(17-18-36(34)21-15-9-4-10-16-21)28-26(32)24(30)23(19-11-5-2-6-12-19)29-25(31)20-13-7-3-8-14-20/h2-16,22-24,30H,17-18H2,1H3,(H,28,32)(H,29,31)/t22-,23-,24+,36-/m0/s1. The number of esters is 1. The molecule has 8 nitrogen and oxygen atoms in total. The topological polar surface area (TPSA) is 122 Å². The molecular formula is C27H28N2O6S. The second kappa shape index (κ2) is 13.3. The minimum absolute atomic E-state index is 0.0268. The molecule has 0 unspecified atom stereocenters. The summed E-state index contributed by atoms with van der Waals surface area (Å²) in [6, 6.07) is 23.5. The van der Waals surface area contributed by atoms with Crippen LogP contribution >= 0.6 is 0 Å². The zero-order valence-corrected chi connectivity index (χ0v) is 20.5. The molecule has 0 aliphatic carbocycles. The number of carbonyl (C=O) groups excluding carboxylic acids is 3. The van der Waals surface area contributed by atoms with Crippen molar-refractivity contribution in [1.82, 2.24) is 10.6 Å². The predicted molar refractivity (Wildman–Crippen MR) is 135 cm³/mol. The van der Waals surface area contributed by atoms with E-state index in [-0.39, 0.29) is 12.2 Å². The van der Waals surface area contributed by atoms with Crippen LogP contribution in [0.5, 0.6) is 0 Å². The van der Waals surface area contributed by atoms with Gasteiger partial charge in [0.05, 0.1) is 24.0 Å². The van der Waals surface area contributed by atoms with Gasteiger partial charge in [-0.05, 0) is 36.2 Å². The third-order valence-electron chi connectivity index (χ3n) is 5.47. The number of rotatable bonds is 11. The molecule has 3 rings (SSSR count). The van der Waals surface area contributed by atoms with Crippen LogP contribution in [-0.4, -0.2) is 52.1 Å². The van der Waals surface area contributed by atoms with E-state index in [1.54, 1.807) is 91.0 Å². The first-order chi connectivity index (χ1) is 17.4. The Morgan fingerprint density at radius 1 is 0.861 bits per heavy atom. The summed E-state index contributed by atoms with van der Waals surface area (Å²) in [7, 11) is -0.215. The van der Waals surface area contributed by atoms with E-state index in [2.05, 4.69) is 10.6 Å². The summed E-state index contributed by atoms with van der Waals surface area (Å²) in [4.78, 5) is 38.7. The highest BCUT2D eigenvalue weighted by Crippen LogP contribution is 2.19. The monoisotopic (exact) mass is 508 g/mol. The second-order valence-corrected chi connectivity index (χ2v) is 9.48. The maximum atomic E-state index is 13.0. The van der Waals surface area contributed by atoms with Crippen molar-refractivity contribution in [2.45, 2.75) is 29.5 Å². The lowest BCUT2D eigenvalue weighted by molar-refractivity contribution is -0.146. The number of nitrogens with one attached hydrogen (secondary N) is 2. The number of hydrogen-bond acceptors (Lipinski definition) is 6. The zero-order chi connectivity index (χ0) is 25.9. The predicted octanol–water partition coefficient (Wildman–Crippen LogP) is 2.37. The van der Waals surface area contributed by atoms with Crippen molar-refractivity contribution in [3.05, 3.63) is 102 Å². The number of aliphatic hydroxyl groups excluding tert-OH is 1. The molecule has 2 amide bonds. The van der Waals surface area contributed by atoms with Crippen LogP contribution in [0.1, 0.15) is 28.4 Å². The van der Waals surface area contributed by atoms with Crippen LogP contribution in [0.15, 0.2) is 95.9 Å². The fourth-order valence-electron chi connectivity index (χ4n) is 3.53. The fourth-order valence-corrected chi connectivity index (χ4v) is 4.68. The van der Waals surface area contributed by atoms with Crippen LogP contribution in [-0.2, 0) is 25.1 Å². The van der Waals surface area contributed by atoms with Gasteiger partial charge in [0.25, 0.3) is 11.8 Å². The van der Waals surface area contributed by atoms with E-state index in [9.17, 15) is 23.7 Å². The first-order valence-corrected chi connectivity index (χ1v) is 12.6. The van der Waals surface area contributed by atoms with Crippen molar-refractivity contribution < 1.29 is 28.4 Å². The third-order valence-corrected chi connectivity index (χ3v) is 6.87. The summed E-state index contributed by atoms with van der Waals surface area (Å²) in [6.07, 6.45) is -1.69. The summed E-state index contributed by atoms with van der Waals surface area (Å²) in [5.41, 5.74) is 0.867. The zero-order valence-electron chi connectivity index (χ0n) is 19.7. The molecule has 36 heavy (non-hydrogen) atoms. The summed E-state index contributed by atoms with van der Waals surface area (Å²) < 4.78 is 17.4. The summed E-state index contributed by atoms with van der Waals surface area (Å²) in [5.74, 6) is -1.99. The van der Waals surface area contributed by atoms with E-state index in [1.165, 1.54) is 7.11 Å². The molecule has 0 fully saturated rings. The molecule has 0 spiro atoms. The van der Waals surface area contributed by atoms with Crippen LogP contribution in [0.3, 0.4) is 0 Å². The lowest BCUT2D eigenvalue weighted by atomic mass is 9.99. The van der Waals surface area contributed by atoms with Gasteiger partial charge in [-0.1, -0.05) is 66.7 Å². The Bertz CT molecular complexity index is 1170. The minimum Gasteiger partial charge on any atom is -0.467 e. The van der Waals surface area contributed by atoms with Crippen LogP contribution in [0, 0.1) is 0 Å². The van der Waals surface area contributed by atoms with E-state index < -0.39 is 46.8 Å². The van der Waals surface area contributed by atoms with Crippen molar-refractivity contribution >= 4 is 28.6 Å². The van der Waals surface area contributed by atoms with Gasteiger partial charge in [-0.2, -0.15) is 0 Å². The number of aliphatic hydroxyl groups is 1. The first kappa shape index (κ1) is 26.8. The SMILES string of the molecule is COC(=O)[C@H](CC[S@](=O)c1ccccc1)NC(=O)[C@H](O)[C@@H](NC(=O)c1ccccc1)c1ccccc1. The molecule has 188 valence electrons. The molecule has 3 aromatic rings. The maximum Gasteiger partial charge on any atom is 0.328 e. The average Bonchev–Trinajstić information content (AvgIpc) is 2.94. The van der Waals surface area contributed by atoms with E-state index in [1.807, 2.05) is 0 Å². The Kier molecular flexibility index (Phi) is 9.91. The number of benzene rings is 3. The van der Waals surface area contributed by atoms with Gasteiger partial charge in [0, 0.05) is 16.2 Å². The van der Waals surface area contributed by atoms with Gasteiger partial charge in [0.15, 0.2) is 6.10 Å². The number of carbonyl (C=O) groups is 3. The molecule has 3 aromatic carbocycles. The molecule has 0 bridgehead atoms. The Labute approximate surface area is 212 Å². The summed E-state index contributed by atoms with van der Waals surface area (Å²) in [6.45, 7) is 0. The van der Waals surface area contributed by atoms with Gasteiger partial charge in [-0.25, -0.2) is 4.79 Å². The van der Waals surface area contributed by atoms with Gasteiger partial charge >= 0.3 is 5.97 Å². The quantitative estimate of drug-likeness (QED) is 0.342. The first-order valence-electron chi connectivity index (χ1n) is 11.3. The highest BCUT2D eigenvalue weighted by Gasteiger charge is 2.32. The number of amides is 2. The van der Waals surface area contributed by atoms with E-state index in [4.69, 9.17) is 4.74 Å². The molecule has 0 aliphatic heterocycles. The van der Waals surface area contributed by atoms with Crippen molar-refractivity contribution in [2.75, 3.05) is 12.9 Å². The Hall–Kier alpha value is -3.82. The molecule has 0 heterocycles. The van der Waals surface area contributed by atoms with Crippen LogP contribution in [0.2, 0.25) is 0 Å². The Balaban J connectivity index is 1.74. The minimum atomic E-state index is -1.72. The Morgan fingerprint density at radius 2 is 1.42 bits per heavy atom. The normalized spacial score (nSPS) is 14.1. The number of methoxy groups -OCH3 is 1. The van der Waals surface area contributed by atoms with Gasteiger partial charge in [0.1, 0.15) is 6.04 Å². The van der Waals surface area contributed by atoms with Crippen LogP contribution in [0.4, 0.5) is 0 Å². The van der Waals surface area contributed by atoms with E-state index in [0.717, 1.165) is 0 Å². The van der Waals surface area contributed by atoms with Gasteiger partial charge in [0.2, 0.25) is 0 Å². The van der Waals surface area contributed by atoms with Crippen molar-refractivity contribution in [1.29, 1.82) is 0 Å². The molecular weight excluding hydrogens is 480 g/mol. The van der Waals surface area contributed by atoms with Gasteiger partial charge < -0.3 is 20.5 Å². The lowest BCUT2D eigenvalue weighted by Crippen LogP contribution is -2.50. The number of hydrogen-bond donors (Lipinski definition) is 3. The molecule has 0 saturated heterocycles. The third kappa shape index (κ3) is 7.34. The smallest absolute Gasteiger partial charge is 0.328 e. The molecule has 0 aromatic heterocycles. The van der Waals surface area contributed by atoms with Crippen molar-refractivity contribution in [3.63, 3.8) is 0 Å². The molecule has 0 aliphatic rings. The van der Waals surface area contributed by atoms with E-state index in [0.29, 0.717) is 16.0 Å². The highest BCUT2D eigenvalue weighted by molar-refractivity contribution is 7.85. The van der Waals surface area contributed by atoms with Gasteiger partial charge in [-0.15, -0.1) is 0 Å². The largest absolute Gasteiger partial charge is 0.467 e. The average molecular weight is 509 g/mol. The van der Waals surface area contributed by atoms with Crippen LogP contribution < -0.4 is 10.6 Å². The maximum absolute atomic E-state index is 13.0. The molecule has 3 N–H and O–H groups in total. The van der Waals surface area contributed by atoms with Crippen molar-refractivity contribution in [2.24, 2.45) is 0 Å². The molecule has 4 atom stereocenters. The fraction of sp³-hybridized carbons (Fsp3) is 0.222. The highest BCUT2D eigenvalue weighted by atomic mass is 32.2. The molecule has 9 heteroatoms. The molecule has 0 saturated carbocycles. The van der Waals surface area contributed by atoms with Crippen molar-refractivity contribution in [3.8, 4) is 0 Å². The number of ether oxygens (including phenoxy) is 1. The molecule has 0 radical (unpaired) electrons. The Morgan fingerprint density at radius 3 is 2.00 bits per heavy atom. The lowest BCUT2D eigenvalue weighted by Gasteiger charge is -2.26. The van der Waals surface area contributed by atoms with Crippen LogP contribution in [0.25, 0.3) is 0 Å².